The minimum absolute atomic E-state index is 0.00620. The quantitative estimate of drug-likeness (QED) is 0.486. The highest BCUT2D eigenvalue weighted by Crippen LogP contribution is 2.35. The van der Waals surface area contributed by atoms with Crippen LogP contribution in [-0.4, -0.2) is 32.2 Å². The van der Waals surface area contributed by atoms with Crippen LogP contribution in [0.4, 0.5) is 11.4 Å². The summed E-state index contributed by atoms with van der Waals surface area (Å²) in [5, 5.41) is 13.4. The van der Waals surface area contributed by atoms with E-state index in [-0.39, 0.29) is 22.7 Å². The van der Waals surface area contributed by atoms with Crippen molar-refractivity contribution < 1.29 is 19.2 Å². The van der Waals surface area contributed by atoms with E-state index in [0.29, 0.717) is 0 Å². The smallest absolute Gasteiger partial charge is 0.344 e. The van der Waals surface area contributed by atoms with Gasteiger partial charge in [0.15, 0.2) is 0 Å². The average molecular weight is 240 g/mol. The number of carbonyl (C=O) groups excluding carboxylic acids is 1. The summed E-state index contributed by atoms with van der Waals surface area (Å²) in [5.41, 5.74) is -0.137. The van der Waals surface area contributed by atoms with Gasteiger partial charge < -0.3 is 14.8 Å². The van der Waals surface area contributed by atoms with E-state index >= 15 is 0 Å². The molecule has 0 aliphatic heterocycles. The van der Waals surface area contributed by atoms with Crippen molar-refractivity contribution in [3.05, 3.63) is 27.8 Å². The van der Waals surface area contributed by atoms with Crippen molar-refractivity contribution >= 4 is 17.3 Å². The first-order valence-corrected chi connectivity index (χ1v) is 4.68. The number of nitro benzene ring substituents is 1. The lowest BCUT2D eigenvalue weighted by Crippen LogP contribution is -2.10. The first-order valence-electron chi connectivity index (χ1n) is 4.68. The van der Waals surface area contributed by atoms with Crippen molar-refractivity contribution in [3.63, 3.8) is 0 Å². The molecule has 0 bridgehead atoms. The molecule has 0 saturated heterocycles. The molecule has 1 aromatic carbocycles. The van der Waals surface area contributed by atoms with Gasteiger partial charge >= 0.3 is 5.97 Å². The first kappa shape index (κ1) is 12.8. The molecule has 1 N–H and O–H groups in total. The maximum absolute atomic E-state index is 11.6. The van der Waals surface area contributed by atoms with Gasteiger partial charge in [0, 0.05) is 13.1 Å². The number of hydrogen-bond acceptors (Lipinski definition) is 6. The predicted molar refractivity (Wildman–Crippen MR) is 60.5 cm³/mol. The number of carbonyl (C=O) groups is 1. The van der Waals surface area contributed by atoms with Gasteiger partial charge in [-0.15, -0.1) is 0 Å². The average Bonchev–Trinajstić information content (AvgIpc) is 2.35. The second-order valence-electron chi connectivity index (χ2n) is 3.04. The standard InChI is InChI=1S/C10H12N2O5/c1-11-9-6(12(14)15)4-5-7(16-2)8(9)10(13)17-3/h4-5,11H,1-3H3. The molecular weight excluding hydrogens is 228 g/mol. The van der Waals surface area contributed by atoms with Crippen molar-refractivity contribution in [2.75, 3.05) is 26.6 Å². The van der Waals surface area contributed by atoms with Crippen LogP contribution in [0.3, 0.4) is 0 Å². The fourth-order valence-electron chi connectivity index (χ4n) is 1.45. The molecule has 0 radical (unpaired) electrons. The number of benzene rings is 1. The minimum atomic E-state index is -0.699. The number of methoxy groups -OCH3 is 2. The van der Waals surface area contributed by atoms with E-state index < -0.39 is 10.9 Å². The third-order valence-electron chi connectivity index (χ3n) is 2.20. The highest BCUT2D eigenvalue weighted by molar-refractivity contribution is 6.01. The highest BCUT2D eigenvalue weighted by Gasteiger charge is 2.25. The maximum atomic E-state index is 11.6. The largest absolute Gasteiger partial charge is 0.496 e. The molecule has 0 heterocycles. The van der Waals surface area contributed by atoms with Crippen LogP contribution in [0.1, 0.15) is 10.4 Å². The van der Waals surface area contributed by atoms with Gasteiger partial charge in [-0.1, -0.05) is 0 Å². The van der Waals surface area contributed by atoms with Crippen molar-refractivity contribution in [1.82, 2.24) is 0 Å². The molecule has 0 spiro atoms. The fraction of sp³-hybridized carbons (Fsp3) is 0.300. The predicted octanol–water partition coefficient (Wildman–Crippen LogP) is 1.43. The van der Waals surface area contributed by atoms with Gasteiger partial charge in [-0.25, -0.2) is 4.79 Å². The van der Waals surface area contributed by atoms with Crippen molar-refractivity contribution in [2.45, 2.75) is 0 Å². The maximum Gasteiger partial charge on any atom is 0.344 e. The zero-order valence-corrected chi connectivity index (χ0v) is 9.64. The highest BCUT2D eigenvalue weighted by atomic mass is 16.6. The molecule has 1 aromatic rings. The summed E-state index contributed by atoms with van der Waals surface area (Å²) in [5.74, 6) is -0.485. The van der Waals surface area contributed by atoms with Crippen LogP contribution >= 0.6 is 0 Å². The van der Waals surface area contributed by atoms with Gasteiger partial charge in [0.1, 0.15) is 17.0 Å². The van der Waals surface area contributed by atoms with Crippen molar-refractivity contribution in [1.29, 1.82) is 0 Å². The summed E-state index contributed by atoms with van der Waals surface area (Å²) in [6.07, 6.45) is 0. The third-order valence-corrected chi connectivity index (χ3v) is 2.20. The van der Waals surface area contributed by atoms with E-state index in [1.807, 2.05) is 0 Å². The lowest BCUT2D eigenvalue weighted by molar-refractivity contribution is -0.384. The lowest BCUT2D eigenvalue weighted by atomic mass is 10.1. The summed E-state index contributed by atoms with van der Waals surface area (Å²) in [6.45, 7) is 0. The Bertz CT molecular complexity index is 458. The molecule has 0 fully saturated rings. The summed E-state index contributed by atoms with van der Waals surface area (Å²) in [7, 11) is 4.04. The van der Waals surface area contributed by atoms with Gasteiger partial charge in [0.2, 0.25) is 0 Å². The molecule has 0 atom stereocenters. The van der Waals surface area contributed by atoms with Crippen LogP contribution in [0, 0.1) is 10.1 Å². The molecule has 92 valence electrons. The van der Waals surface area contributed by atoms with Gasteiger partial charge in [0.05, 0.1) is 19.1 Å². The lowest BCUT2D eigenvalue weighted by Gasteiger charge is -2.11. The number of nitrogens with zero attached hydrogens (tertiary/aromatic N) is 1. The van der Waals surface area contributed by atoms with E-state index in [2.05, 4.69) is 10.1 Å². The number of rotatable bonds is 4. The van der Waals surface area contributed by atoms with E-state index in [0.717, 1.165) is 0 Å². The summed E-state index contributed by atoms with van der Waals surface area (Å²) >= 11 is 0. The molecule has 17 heavy (non-hydrogen) atoms. The van der Waals surface area contributed by atoms with Gasteiger partial charge in [-0.3, -0.25) is 10.1 Å². The summed E-state index contributed by atoms with van der Waals surface area (Å²) in [6, 6.07) is 2.61. The molecule has 0 aliphatic carbocycles. The molecule has 7 nitrogen and oxygen atoms in total. The monoisotopic (exact) mass is 240 g/mol. The molecule has 7 heteroatoms. The number of ether oxygens (including phenoxy) is 2. The molecule has 0 aliphatic rings. The van der Waals surface area contributed by atoms with Gasteiger partial charge in [-0.05, 0) is 6.07 Å². The SMILES string of the molecule is CNc1c([N+](=O)[O-])ccc(OC)c1C(=O)OC. The van der Waals surface area contributed by atoms with Crippen LogP contribution in [0.5, 0.6) is 5.75 Å². The third kappa shape index (κ3) is 2.27. The Kier molecular flexibility index (Phi) is 3.86. The normalized spacial score (nSPS) is 9.59. The Morgan fingerprint density at radius 1 is 1.41 bits per heavy atom. The number of hydrogen-bond donors (Lipinski definition) is 1. The molecular formula is C10H12N2O5. The zero-order chi connectivity index (χ0) is 13.0. The number of anilines is 1. The molecule has 0 aromatic heterocycles. The zero-order valence-electron chi connectivity index (χ0n) is 9.64. The molecule has 0 unspecified atom stereocenters. The van der Waals surface area contributed by atoms with Gasteiger partial charge in [0.25, 0.3) is 5.69 Å². The van der Waals surface area contributed by atoms with E-state index in [4.69, 9.17) is 4.74 Å². The fourth-order valence-corrected chi connectivity index (χ4v) is 1.45. The first-order chi connectivity index (χ1) is 8.06. The van der Waals surface area contributed by atoms with E-state index in [1.165, 1.54) is 33.4 Å². The minimum Gasteiger partial charge on any atom is -0.496 e. The Morgan fingerprint density at radius 3 is 2.47 bits per heavy atom. The number of nitro groups is 1. The Morgan fingerprint density at radius 2 is 2.06 bits per heavy atom. The number of nitrogens with one attached hydrogen (secondary N) is 1. The van der Waals surface area contributed by atoms with Crippen LogP contribution in [0.25, 0.3) is 0 Å². The van der Waals surface area contributed by atoms with Crippen LogP contribution in [-0.2, 0) is 4.74 Å². The Balaban J connectivity index is 3.54. The summed E-state index contributed by atoms with van der Waals surface area (Å²) < 4.78 is 9.56. The topological polar surface area (TPSA) is 90.7 Å². The van der Waals surface area contributed by atoms with Crippen molar-refractivity contribution in [2.24, 2.45) is 0 Å². The van der Waals surface area contributed by atoms with Crippen LogP contribution in [0.2, 0.25) is 0 Å². The van der Waals surface area contributed by atoms with E-state index in [9.17, 15) is 14.9 Å². The number of esters is 1. The molecule has 0 amide bonds. The second-order valence-corrected chi connectivity index (χ2v) is 3.04. The van der Waals surface area contributed by atoms with Crippen LogP contribution < -0.4 is 10.1 Å². The Labute approximate surface area is 97.5 Å². The molecule has 1 rings (SSSR count). The van der Waals surface area contributed by atoms with E-state index in [1.54, 1.807) is 0 Å². The summed E-state index contributed by atoms with van der Waals surface area (Å²) in [4.78, 5) is 21.8. The molecule has 0 saturated carbocycles. The second kappa shape index (κ2) is 5.15. The Hall–Kier alpha value is -2.31. The van der Waals surface area contributed by atoms with Crippen LogP contribution in [0.15, 0.2) is 12.1 Å². The van der Waals surface area contributed by atoms with Crippen molar-refractivity contribution in [3.8, 4) is 5.75 Å². The van der Waals surface area contributed by atoms with Gasteiger partial charge in [-0.2, -0.15) is 0 Å².